The maximum absolute atomic E-state index is 12.4. The zero-order valence-electron chi connectivity index (χ0n) is 14.0. The second-order valence-electron chi connectivity index (χ2n) is 5.67. The number of carbonyl (C=O) groups excluding carboxylic acids is 1. The predicted octanol–water partition coefficient (Wildman–Crippen LogP) is 4.21. The monoisotopic (exact) mass is 399 g/mol. The summed E-state index contributed by atoms with van der Waals surface area (Å²) in [5.41, 5.74) is 2.20. The Labute approximate surface area is 163 Å². The first-order chi connectivity index (χ1) is 13.2. The molecular weight excluding hydrogens is 386 g/mol. The number of hydrogen-bond acceptors (Lipinski definition) is 6. The number of benzene rings is 1. The van der Waals surface area contributed by atoms with Crippen LogP contribution in [0.25, 0.3) is 17.1 Å². The molecule has 1 aromatic carbocycles. The van der Waals surface area contributed by atoms with E-state index in [9.17, 15) is 4.79 Å². The second kappa shape index (κ2) is 7.73. The van der Waals surface area contributed by atoms with Gasteiger partial charge in [0.1, 0.15) is 0 Å². The smallest absolute Gasteiger partial charge is 0.248 e. The van der Waals surface area contributed by atoms with E-state index in [2.05, 4.69) is 20.6 Å². The fourth-order valence-electron chi connectivity index (χ4n) is 2.51. The molecule has 3 aromatic heterocycles. The van der Waals surface area contributed by atoms with Crippen molar-refractivity contribution in [1.29, 1.82) is 0 Å². The first kappa shape index (κ1) is 17.4. The van der Waals surface area contributed by atoms with Gasteiger partial charge in [-0.25, -0.2) is 4.68 Å². The molecule has 0 unspecified atom stereocenters. The van der Waals surface area contributed by atoms with Crippen molar-refractivity contribution in [2.24, 2.45) is 0 Å². The van der Waals surface area contributed by atoms with Gasteiger partial charge in [-0.3, -0.25) is 4.79 Å². The zero-order chi connectivity index (χ0) is 18.6. The third kappa shape index (κ3) is 4.07. The van der Waals surface area contributed by atoms with Gasteiger partial charge in [0.25, 0.3) is 0 Å². The van der Waals surface area contributed by atoms with E-state index in [1.165, 1.54) is 0 Å². The average molecular weight is 400 g/mol. The predicted molar refractivity (Wildman–Crippen MR) is 103 cm³/mol. The highest BCUT2D eigenvalue weighted by Gasteiger charge is 2.13. The average Bonchev–Trinajstić information content (AvgIpc) is 3.41. The van der Waals surface area contributed by atoms with Gasteiger partial charge in [0, 0.05) is 41.2 Å². The summed E-state index contributed by atoms with van der Waals surface area (Å²) >= 11 is 7.63. The van der Waals surface area contributed by atoms with Crippen molar-refractivity contribution >= 4 is 34.5 Å². The van der Waals surface area contributed by atoms with Crippen LogP contribution in [0, 0.1) is 0 Å². The van der Waals surface area contributed by atoms with Crippen molar-refractivity contribution in [2.45, 2.75) is 12.8 Å². The van der Waals surface area contributed by atoms with Crippen LogP contribution in [0.15, 0.2) is 57.9 Å². The highest BCUT2D eigenvalue weighted by molar-refractivity contribution is 7.08. The van der Waals surface area contributed by atoms with Gasteiger partial charge in [0.15, 0.2) is 0 Å². The highest BCUT2D eigenvalue weighted by atomic mass is 35.5. The summed E-state index contributed by atoms with van der Waals surface area (Å²) in [6, 6.07) is 8.96. The minimum Gasteiger partial charge on any atom is -0.421 e. The van der Waals surface area contributed by atoms with Gasteiger partial charge in [0.05, 0.1) is 11.4 Å². The molecule has 27 heavy (non-hydrogen) atoms. The summed E-state index contributed by atoms with van der Waals surface area (Å²) in [6.07, 6.45) is 4.02. The molecule has 0 aliphatic rings. The van der Waals surface area contributed by atoms with Gasteiger partial charge in [-0.2, -0.15) is 16.4 Å². The summed E-state index contributed by atoms with van der Waals surface area (Å²) in [6.45, 7) is 0. The number of amides is 1. The molecular formula is C18H14ClN5O2S. The molecule has 0 fully saturated rings. The third-order valence-electron chi connectivity index (χ3n) is 3.78. The van der Waals surface area contributed by atoms with E-state index in [1.807, 2.05) is 16.8 Å². The molecule has 1 N–H and O–H groups in total. The number of aryl methyl sites for hydroxylation is 1. The maximum Gasteiger partial charge on any atom is 0.248 e. The Balaban J connectivity index is 1.42. The lowest BCUT2D eigenvalue weighted by Crippen LogP contribution is -2.14. The highest BCUT2D eigenvalue weighted by Crippen LogP contribution is 2.25. The van der Waals surface area contributed by atoms with Crippen molar-refractivity contribution in [3.05, 3.63) is 64.4 Å². The van der Waals surface area contributed by atoms with Gasteiger partial charge >= 0.3 is 0 Å². The van der Waals surface area contributed by atoms with E-state index in [4.69, 9.17) is 16.0 Å². The molecule has 0 aliphatic carbocycles. The van der Waals surface area contributed by atoms with Crippen LogP contribution < -0.4 is 5.32 Å². The molecule has 136 valence electrons. The lowest BCUT2D eigenvalue weighted by Gasteiger charge is -2.11. The van der Waals surface area contributed by atoms with Crippen LogP contribution in [-0.4, -0.2) is 25.9 Å². The molecule has 7 nitrogen and oxygen atoms in total. The van der Waals surface area contributed by atoms with Crippen molar-refractivity contribution in [2.75, 3.05) is 5.32 Å². The van der Waals surface area contributed by atoms with Crippen molar-refractivity contribution in [3.8, 4) is 17.1 Å². The minimum absolute atomic E-state index is 0.180. The Morgan fingerprint density at radius 3 is 3.00 bits per heavy atom. The van der Waals surface area contributed by atoms with Crippen LogP contribution in [0.2, 0.25) is 5.02 Å². The molecule has 4 rings (SSSR count). The number of aromatic nitrogens is 4. The molecule has 9 heteroatoms. The normalized spacial score (nSPS) is 10.9. The van der Waals surface area contributed by atoms with E-state index in [0.717, 1.165) is 11.3 Å². The van der Waals surface area contributed by atoms with Crippen LogP contribution in [-0.2, 0) is 11.2 Å². The van der Waals surface area contributed by atoms with Crippen molar-refractivity contribution in [3.63, 3.8) is 0 Å². The lowest BCUT2D eigenvalue weighted by molar-refractivity contribution is -0.116. The van der Waals surface area contributed by atoms with Crippen LogP contribution in [0.4, 0.5) is 5.69 Å². The molecule has 4 aromatic rings. The molecule has 0 saturated heterocycles. The SMILES string of the molecule is O=C(CCc1nnc(-c2ccsc2)o1)Nc1cc(Cl)ccc1-n1cccn1. The summed E-state index contributed by atoms with van der Waals surface area (Å²) in [5, 5.41) is 19.5. The summed E-state index contributed by atoms with van der Waals surface area (Å²) in [5.74, 6) is 0.702. The number of nitrogens with one attached hydrogen (secondary N) is 1. The number of carbonyl (C=O) groups is 1. The Morgan fingerprint density at radius 2 is 2.22 bits per heavy atom. The van der Waals surface area contributed by atoms with Gasteiger partial charge in [-0.1, -0.05) is 11.6 Å². The zero-order valence-corrected chi connectivity index (χ0v) is 15.6. The molecule has 0 saturated carbocycles. The minimum atomic E-state index is -0.180. The standard InChI is InChI=1S/C18H14ClN5O2S/c19-13-2-3-15(24-8-1-7-20-24)14(10-13)21-16(25)4-5-17-22-23-18(26-17)12-6-9-27-11-12/h1-3,6-11H,4-5H2,(H,21,25). The Morgan fingerprint density at radius 1 is 1.30 bits per heavy atom. The third-order valence-corrected chi connectivity index (χ3v) is 4.70. The van der Waals surface area contributed by atoms with Crippen LogP contribution >= 0.6 is 22.9 Å². The molecule has 0 spiro atoms. The Kier molecular flexibility index (Phi) is 4.99. The Hall–Kier alpha value is -2.97. The van der Waals surface area contributed by atoms with E-state index in [0.29, 0.717) is 28.9 Å². The quantitative estimate of drug-likeness (QED) is 0.525. The fraction of sp³-hybridized carbons (Fsp3) is 0.111. The molecule has 0 aliphatic heterocycles. The number of anilines is 1. The van der Waals surface area contributed by atoms with Crippen molar-refractivity contribution < 1.29 is 9.21 Å². The molecule has 0 atom stereocenters. The van der Waals surface area contributed by atoms with E-state index >= 15 is 0 Å². The molecule has 0 radical (unpaired) electrons. The topological polar surface area (TPSA) is 85.8 Å². The van der Waals surface area contributed by atoms with Gasteiger partial charge in [0.2, 0.25) is 17.7 Å². The first-order valence-electron chi connectivity index (χ1n) is 8.13. The molecule has 0 bridgehead atoms. The first-order valence-corrected chi connectivity index (χ1v) is 9.45. The number of rotatable bonds is 6. The van der Waals surface area contributed by atoms with Crippen LogP contribution in [0.3, 0.4) is 0 Å². The van der Waals surface area contributed by atoms with Crippen LogP contribution in [0.5, 0.6) is 0 Å². The molecule has 3 heterocycles. The van der Waals surface area contributed by atoms with Gasteiger partial charge in [-0.05, 0) is 35.7 Å². The van der Waals surface area contributed by atoms with Gasteiger partial charge < -0.3 is 9.73 Å². The largest absolute Gasteiger partial charge is 0.421 e. The second-order valence-corrected chi connectivity index (χ2v) is 6.89. The fourth-order valence-corrected chi connectivity index (χ4v) is 3.31. The number of thiophene rings is 1. The van der Waals surface area contributed by atoms with E-state index < -0.39 is 0 Å². The maximum atomic E-state index is 12.4. The molecule has 1 amide bonds. The van der Waals surface area contributed by atoms with E-state index in [1.54, 1.807) is 52.7 Å². The Bertz CT molecular complexity index is 1040. The number of halogens is 1. The summed E-state index contributed by atoms with van der Waals surface area (Å²) in [7, 11) is 0. The van der Waals surface area contributed by atoms with Crippen LogP contribution in [0.1, 0.15) is 12.3 Å². The van der Waals surface area contributed by atoms with Crippen molar-refractivity contribution in [1.82, 2.24) is 20.0 Å². The lowest BCUT2D eigenvalue weighted by atomic mass is 10.2. The summed E-state index contributed by atoms with van der Waals surface area (Å²) in [4.78, 5) is 12.4. The van der Waals surface area contributed by atoms with E-state index in [-0.39, 0.29) is 12.3 Å². The summed E-state index contributed by atoms with van der Waals surface area (Å²) < 4.78 is 7.26. The number of nitrogens with zero attached hydrogens (tertiary/aromatic N) is 4. The number of hydrogen-bond donors (Lipinski definition) is 1. The van der Waals surface area contributed by atoms with Gasteiger partial charge in [-0.15, -0.1) is 10.2 Å².